The summed E-state index contributed by atoms with van der Waals surface area (Å²) in [5.74, 6) is 0.972. The fourth-order valence-electron chi connectivity index (χ4n) is 1.38. The van der Waals surface area contributed by atoms with E-state index in [1.807, 2.05) is 0 Å². The molecular weight excluding hydrogens is 327 g/mol. The summed E-state index contributed by atoms with van der Waals surface area (Å²) in [6.07, 6.45) is 6.92. The molecule has 0 aliphatic heterocycles. The summed E-state index contributed by atoms with van der Waals surface area (Å²) in [4.78, 5) is 0.700. The summed E-state index contributed by atoms with van der Waals surface area (Å²) >= 11 is 6.07. The quantitative estimate of drug-likeness (QED) is 0.459. The van der Waals surface area contributed by atoms with Crippen molar-refractivity contribution in [2.75, 3.05) is 4.43 Å². The molecule has 0 aromatic heterocycles. The van der Waals surface area contributed by atoms with E-state index in [1.54, 1.807) is 0 Å². The molecule has 12 heavy (non-hydrogen) atoms. The molecule has 0 aliphatic carbocycles. The Balaban J connectivity index is 3.39. The molecule has 0 heterocycles. The van der Waals surface area contributed by atoms with Crippen LogP contribution in [0.1, 0.15) is 46.0 Å². The predicted molar refractivity (Wildman–Crippen MR) is 69.5 cm³/mol. The summed E-state index contributed by atoms with van der Waals surface area (Å²) in [6.45, 7) is 4.56. The molecule has 0 nitrogen and oxygen atoms in total. The van der Waals surface area contributed by atoms with Crippen molar-refractivity contribution in [2.45, 2.75) is 50.8 Å². The van der Waals surface area contributed by atoms with Crippen LogP contribution in [-0.4, -0.2) is 9.25 Å². The second kappa shape index (κ2) is 8.79. The van der Waals surface area contributed by atoms with E-state index in [9.17, 15) is 0 Å². The Morgan fingerprint density at radius 3 is 2.33 bits per heavy atom. The lowest BCUT2D eigenvalue weighted by Crippen LogP contribution is -2.02. The van der Waals surface area contributed by atoms with E-state index in [2.05, 4.69) is 52.4 Å². The van der Waals surface area contributed by atoms with E-state index >= 15 is 0 Å². The van der Waals surface area contributed by atoms with Gasteiger partial charge in [0.1, 0.15) is 0 Å². The molecule has 0 bridgehead atoms. The second-order valence-electron chi connectivity index (χ2n) is 3.46. The maximum absolute atomic E-state index is 3.60. The summed E-state index contributed by atoms with van der Waals surface area (Å²) < 4.78 is 1.32. The van der Waals surface area contributed by atoms with Gasteiger partial charge in [0.15, 0.2) is 0 Å². The summed E-state index contributed by atoms with van der Waals surface area (Å²) in [5.41, 5.74) is 0. The van der Waals surface area contributed by atoms with Crippen LogP contribution >= 0.6 is 38.5 Å². The highest BCUT2D eigenvalue weighted by molar-refractivity contribution is 14.1. The minimum absolute atomic E-state index is 0.700. The highest BCUT2D eigenvalue weighted by atomic mass is 127. The number of rotatable bonds is 7. The molecule has 0 saturated heterocycles. The van der Waals surface area contributed by atoms with Gasteiger partial charge in [-0.05, 0) is 36.0 Å². The van der Waals surface area contributed by atoms with Crippen molar-refractivity contribution in [3.8, 4) is 0 Å². The van der Waals surface area contributed by atoms with E-state index in [0.717, 1.165) is 5.92 Å². The van der Waals surface area contributed by atoms with Crippen molar-refractivity contribution in [3.63, 3.8) is 0 Å². The molecule has 0 rings (SSSR count). The highest BCUT2D eigenvalue weighted by Gasteiger charge is 2.06. The van der Waals surface area contributed by atoms with Crippen LogP contribution < -0.4 is 0 Å². The topological polar surface area (TPSA) is 0 Å². The molecule has 0 saturated carbocycles. The van der Waals surface area contributed by atoms with E-state index in [-0.39, 0.29) is 0 Å². The lowest BCUT2D eigenvalue weighted by atomic mass is 9.95. The van der Waals surface area contributed by atoms with Gasteiger partial charge in [-0.3, -0.25) is 0 Å². The Labute approximate surface area is 99.2 Å². The van der Waals surface area contributed by atoms with E-state index in [4.69, 9.17) is 0 Å². The average molecular weight is 347 g/mol. The van der Waals surface area contributed by atoms with Crippen LogP contribution in [0.5, 0.6) is 0 Å². The number of halogens is 2. The normalized spacial score (nSPS) is 16.0. The fourth-order valence-corrected chi connectivity index (χ4v) is 2.09. The summed E-state index contributed by atoms with van der Waals surface area (Å²) in [6, 6.07) is 0. The standard InChI is InChI=1S/C10H20BrI/c1-3-10(5-4-8-12)7-6-9(2)11/h9-10H,3-8H2,1-2H3/t9-,10?/m1/s1. The lowest BCUT2D eigenvalue weighted by Gasteiger charge is -2.14. The third-order valence-corrected chi connectivity index (χ3v) is 3.52. The molecule has 0 radical (unpaired) electrons. The first-order valence-electron chi connectivity index (χ1n) is 4.90. The van der Waals surface area contributed by atoms with Crippen molar-refractivity contribution in [1.29, 1.82) is 0 Å². The Bertz CT molecular complexity index is 93.8. The zero-order valence-electron chi connectivity index (χ0n) is 8.15. The van der Waals surface area contributed by atoms with Gasteiger partial charge in [-0.1, -0.05) is 58.8 Å². The molecule has 2 atom stereocenters. The minimum Gasteiger partial charge on any atom is -0.0894 e. The summed E-state index contributed by atoms with van der Waals surface area (Å²) in [5, 5.41) is 0. The molecule has 74 valence electrons. The van der Waals surface area contributed by atoms with Crippen LogP contribution in [0.2, 0.25) is 0 Å². The van der Waals surface area contributed by atoms with Crippen LogP contribution in [0.4, 0.5) is 0 Å². The van der Waals surface area contributed by atoms with Crippen molar-refractivity contribution < 1.29 is 0 Å². The Morgan fingerprint density at radius 2 is 1.92 bits per heavy atom. The molecule has 0 fully saturated rings. The smallest absolute Gasteiger partial charge is 0.0117 e. The van der Waals surface area contributed by atoms with Gasteiger partial charge in [0, 0.05) is 4.83 Å². The van der Waals surface area contributed by atoms with Crippen LogP contribution in [-0.2, 0) is 0 Å². The maximum Gasteiger partial charge on any atom is 0.0117 e. The fraction of sp³-hybridized carbons (Fsp3) is 1.00. The first-order valence-corrected chi connectivity index (χ1v) is 7.34. The van der Waals surface area contributed by atoms with E-state index in [0.29, 0.717) is 4.83 Å². The molecule has 1 unspecified atom stereocenters. The van der Waals surface area contributed by atoms with Crippen molar-refractivity contribution in [3.05, 3.63) is 0 Å². The van der Waals surface area contributed by atoms with Gasteiger partial charge in [-0.15, -0.1) is 0 Å². The van der Waals surface area contributed by atoms with Gasteiger partial charge >= 0.3 is 0 Å². The first-order chi connectivity index (χ1) is 5.70. The lowest BCUT2D eigenvalue weighted by molar-refractivity contribution is 0.423. The number of alkyl halides is 2. The predicted octanol–water partition coefficient (Wildman–Crippen LogP) is 4.79. The molecule has 0 aliphatic rings. The molecule has 0 amide bonds. The first kappa shape index (κ1) is 13.2. The maximum atomic E-state index is 3.60. The number of hydrogen-bond acceptors (Lipinski definition) is 0. The molecular formula is C10H20BrI. The van der Waals surface area contributed by atoms with Crippen LogP contribution in [0, 0.1) is 5.92 Å². The molecule has 0 N–H and O–H groups in total. The largest absolute Gasteiger partial charge is 0.0894 e. The molecule has 0 spiro atoms. The zero-order valence-corrected chi connectivity index (χ0v) is 11.9. The third kappa shape index (κ3) is 7.84. The van der Waals surface area contributed by atoms with Gasteiger partial charge in [0.2, 0.25) is 0 Å². The minimum atomic E-state index is 0.700. The third-order valence-electron chi connectivity index (χ3n) is 2.30. The van der Waals surface area contributed by atoms with Gasteiger partial charge < -0.3 is 0 Å². The molecule has 0 aromatic carbocycles. The van der Waals surface area contributed by atoms with Gasteiger partial charge in [0.25, 0.3) is 0 Å². The monoisotopic (exact) mass is 346 g/mol. The van der Waals surface area contributed by atoms with Crippen LogP contribution in [0.15, 0.2) is 0 Å². The van der Waals surface area contributed by atoms with Crippen molar-refractivity contribution in [1.82, 2.24) is 0 Å². The Hall–Kier alpha value is 1.21. The summed E-state index contributed by atoms with van der Waals surface area (Å²) in [7, 11) is 0. The Kier molecular flexibility index (Phi) is 9.68. The highest BCUT2D eigenvalue weighted by Crippen LogP contribution is 2.20. The van der Waals surface area contributed by atoms with E-state index < -0.39 is 0 Å². The SMILES string of the molecule is CCC(CCCI)CC[C@@H](C)Br. The van der Waals surface area contributed by atoms with Gasteiger partial charge in [-0.2, -0.15) is 0 Å². The van der Waals surface area contributed by atoms with Crippen molar-refractivity contribution >= 4 is 38.5 Å². The van der Waals surface area contributed by atoms with Gasteiger partial charge in [-0.25, -0.2) is 0 Å². The van der Waals surface area contributed by atoms with Gasteiger partial charge in [0.05, 0.1) is 0 Å². The second-order valence-corrected chi connectivity index (χ2v) is 6.11. The van der Waals surface area contributed by atoms with Crippen LogP contribution in [0.25, 0.3) is 0 Å². The Morgan fingerprint density at radius 1 is 1.25 bits per heavy atom. The zero-order chi connectivity index (χ0) is 9.40. The average Bonchev–Trinajstić information content (AvgIpc) is 2.05. The molecule has 0 aromatic rings. The van der Waals surface area contributed by atoms with E-state index in [1.165, 1.54) is 36.5 Å². The molecule has 2 heteroatoms. The van der Waals surface area contributed by atoms with Crippen LogP contribution in [0.3, 0.4) is 0 Å². The number of hydrogen-bond donors (Lipinski definition) is 0. The van der Waals surface area contributed by atoms with Crippen molar-refractivity contribution in [2.24, 2.45) is 5.92 Å².